The van der Waals surface area contributed by atoms with Gasteiger partial charge in [0.05, 0.1) is 7.11 Å². The number of piperidine rings is 1. The highest BCUT2D eigenvalue weighted by molar-refractivity contribution is 7.89. The summed E-state index contributed by atoms with van der Waals surface area (Å²) in [7, 11) is -2.28. The third-order valence-corrected chi connectivity index (χ3v) is 6.85. The lowest BCUT2D eigenvalue weighted by atomic mass is 10.1. The molecule has 2 aromatic rings. The van der Waals surface area contributed by atoms with Gasteiger partial charge in [-0.15, -0.1) is 0 Å². The summed E-state index contributed by atoms with van der Waals surface area (Å²) in [6, 6.07) is 10.6. The molecular weight excluding hydrogens is 395 g/mol. The first-order valence-corrected chi connectivity index (χ1v) is 11.1. The Labute approximate surface area is 170 Å². The predicted molar refractivity (Wildman–Crippen MR) is 109 cm³/mol. The molecule has 0 aromatic heterocycles. The SMILES string of the molecule is COc1ccc(NC(=O)CCc2ccc(F)cc2)cc1S(=O)(=O)N1CCCCC1. The van der Waals surface area contributed by atoms with E-state index in [0.717, 1.165) is 24.8 Å². The maximum Gasteiger partial charge on any atom is 0.246 e. The predicted octanol–water partition coefficient (Wildman–Crippen LogP) is 3.58. The minimum Gasteiger partial charge on any atom is -0.495 e. The molecule has 0 unspecified atom stereocenters. The number of hydrogen-bond donors (Lipinski definition) is 1. The zero-order valence-electron chi connectivity index (χ0n) is 16.4. The minimum absolute atomic E-state index is 0.0539. The molecule has 1 fully saturated rings. The molecule has 0 radical (unpaired) electrons. The average molecular weight is 421 g/mol. The van der Waals surface area contributed by atoms with Crippen LogP contribution in [0.3, 0.4) is 0 Å². The summed E-state index contributed by atoms with van der Waals surface area (Å²) < 4.78 is 45.8. The largest absolute Gasteiger partial charge is 0.495 e. The number of carbonyl (C=O) groups is 1. The molecule has 0 bridgehead atoms. The number of nitrogens with zero attached hydrogens (tertiary/aromatic N) is 1. The summed E-state index contributed by atoms with van der Waals surface area (Å²) in [5.74, 6) is -0.320. The van der Waals surface area contributed by atoms with Crippen molar-refractivity contribution in [1.82, 2.24) is 4.31 Å². The Morgan fingerprint density at radius 2 is 1.79 bits per heavy atom. The molecule has 1 N–H and O–H groups in total. The number of sulfonamides is 1. The molecule has 2 aromatic carbocycles. The number of benzene rings is 2. The van der Waals surface area contributed by atoms with Crippen LogP contribution in [0.2, 0.25) is 0 Å². The van der Waals surface area contributed by atoms with Gasteiger partial charge in [0, 0.05) is 25.2 Å². The monoisotopic (exact) mass is 420 g/mol. The van der Waals surface area contributed by atoms with Gasteiger partial charge < -0.3 is 10.1 Å². The number of methoxy groups -OCH3 is 1. The van der Waals surface area contributed by atoms with Gasteiger partial charge in [0.1, 0.15) is 16.5 Å². The van der Waals surface area contributed by atoms with E-state index in [2.05, 4.69) is 5.32 Å². The number of hydrogen-bond acceptors (Lipinski definition) is 4. The smallest absolute Gasteiger partial charge is 0.246 e. The molecule has 1 saturated heterocycles. The number of ether oxygens (including phenoxy) is 1. The van der Waals surface area contributed by atoms with Gasteiger partial charge in [-0.3, -0.25) is 4.79 Å². The van der Waals surface area contributed by atoms with Crippen molar-refractivity contribution in [1.29, 1.82) is 0 Å². The number of rotatable bonds is 7. The number of halogens is 1. The molecule has 0 aliphatic carbocycles. The van der Waals surface area contributed by atoms with E-state index in [1.807, 2.05) is 0 Å². The first-order chi connectivity index (χ1) is 13.9. The van der Waals surface area contributed by atoms with Crippen LogP contribution in [0.25, 0.3) is 0 Å². The summed E-state index contributed by atoms with van der Waals surface area (Å²) in [5.41, 5.74) is 1.25. The summed E-state index contributed by atoms with van der Waals surface area (Å²) >= 11 is 0. The summed E-state index contributed by atoms with van der Waals surface area (Å²) in [4.78, 5) is 12.3. The van der Waals surface area contributed by atoms with Crippen molar-refractivity contribution < 1.29 is 22.3 Å². The summed E-state index contributed by atoms with van der Waals surface area (Å²) in [5, 5.41) is 2.74. The lowest BCUT2D eigenvalue weighted by Gasteiger charge is -2.26. The van der Waals surface area contributed by atoms with Crippen LogP contribution in [0.5, 0.6) is 5.75 Å². The Balaban J connectivity index is 1.72. The standard InChI is InChI=1S/C21H25FN2O4S/c1-28-19-11-10-18(15-20(19)29(26,27)24-13-3-2-4-14-24)23-21(25)12-7-16-5-8-17(22)9-6-16/h5-6,8-11,15H,2-4,7,12-14H2,1H3,(H,23,25). The summed E-state index contributed by atoms with van der Waals surface area (Å²) in [6.45, 7) is 0.972. The van der Waals surface area contributed by atoms with Gasteiger partial charge in [-0.05, 0) is 55.2 Å². The second-order valence-electron chi connectivity index (χ2n) is 7.01. The molecule has 156 valence electrons. The van der Waals surface area contributed by atoms with E-state index in [-0.39, 0.29) is 28.8 Å². The highest BCUT2D eigenvalue weighted by Crippen LogP contribution is 2.31. The minimum atomic E-state index is -3.70. The first-order valence-electron chi connectivity index (χ1n) is 9.62. The zero-order chi connectivity index (χ0) is 20.9. The third kappa shape index (κ3) is 5.33. The molecule has 1 aliphatic heterocycles. The van der Waals surface area contributed by atoms with Crippen molar-refractivity contribution in [3.63, 3.8) is 0 Å². The average Bonchev–Trinajstić information content (AvgIpc) is 2.74. The maximum atomic E-state index is 13.0. The molecule has 29 heavy (non-hydrogen) atoms. The zero-order valence-corrected chi connectivity index (χ0v) is 17.2. The lowest BCUT2D eigenvalue weighted by Crippen LogP contribution is -2.35. The fourth-order valence-electron chi connectivity index (χ4n) is 3.33. The van der Waals surface area contributed by atoms with Crippen molar-refractivity contribution in [3.8, 4) is 5.75 Å². The fraction of sp³-hybridized carbons (Fsp3) is 0.381. The number of nitrogens with one attached hydrogen (secondary N) is 1. The topological polar surface area (TPSA) is 75.7 Å². The highest BCUT2D eigenvalue weighted by Gasteiger charge is 2.29. The van der Waals surface area contributed by atoms with E-state index >= 15 is 0 Å². The Bertz CT molecular complexity index is 955. The highest BCUT2D eigenvalue weighted by atomic mass is 32.2. The van der Waals surface area contributed by atoms with Crippen molar-refractivity contribution in [2.75, 3.05) is 25.5 Å². The van der Waals surface area contributed by atoms with Gasteiger partial charge in [-0.25, -0.2) is 12.8 Å². The molecule has 0 spiro atoms. The van der Waals surface area contributed by atoms with Gasteiger partial charge in [-0.2, -0.15) is 4.31 Å². The quantitative estimate of drug-likeness (QED) is 0.743. The number of anilines is 1. The normalized spacial score (nSPS) is 15.1. The molecule has 1 aliphatic rings. The van der Waals surface area contributed by atoms with Gasteiger partial charge >= 0.3 is 0 Å². The maximum absolute atomic E-state index is 13.0. The molecule has 8 heteroatoms. The van der Waals surface area contributed by atoms with Gasteiger partial charge in [-0.1, -0.05) is 18.6 Å². The summed E-state index contributed by atoms with van der Waals surface area (Å²) in [6.07, 6.45) is 3.35. The van der Waals surface area contributed by atoms with Crippen LogP contribution in [0.15, 0.2) is 47.4 Å². The molecule has 0 saturated carbocycles. The van der Waals surface area contributed by atoms with Crippen LogP contribution in [0, 0.1) is 5.82 Å². The van der Waals surface area contributed by atoms with Crippen LogP contribution in [0.4, 0.5) is 10.1 Å². The van der Waals surface area contributed by atoms with Gasteiger partial charge in [0.15, 0.2) is 0 Å². The van der Waals surface area contributed by atoms with Crippen LogP contribution in [-0.2, 0) is 21.2 Å². The van der Waals surface area contributed by atoms with E-state index < -0.39 is 10.0 Å². The Morgan fingerprint density at radius 3 is 2.45 bits per heavy atom. The number of aryl methyl sites for hydroxylation is 1. The molecule has 6 nitrogen and oxygen atoms in total. The van der Waals surface area contributed by atoms with Gasteiger partial charge in [0.2, 0.25) is 15.9 Å². The molecule has 0 atom stereocenters. The second kappa shape index (κ2) is 9.37. The second-order valence-corrected chi connectivity index (χ2v) is 8.91. The number of carbonyl (C=O) groups excluding carboxylic acids is 1. The van der Waals surface area contributed by atoms with Crippen LogP contribution >= 0.6 is 0 Å². The van der Waals surface area contributed by atoms with E-state index in [9.17, 15) is 17.6 Å². The molecule has 1 amide bonds. The Kier molecular flexibility index (Phi) is 6.87. The Hall–Kier alpha value is -2.45. The van der Waals surface area contributed by atoms with Crippen molar-refractivity contribution >= 4 is 21.6 Å². The third-order valence-electron chi connectivity index (χ3n) is 4.93. The molecule has 1 heterocycles. The van der Waals surface area contributed by atoms with Crippen molar-refractivity contribution in [2.45, 2.75) is 37.0 Å². The van der Waals surface area contributed by atoms with Crippen LogP contribution < -0.4 is 10.1 Å². The molecule has 3 rings (SSSR count). The van der Waals surface area contributed by atoms with E-state index in [1.165, 1.54) is 29.6 Å². The Morgan fingerprint density at radius 1 is 1.10 bits per heavy atom. The van der Waals surface area contributed by atoms with Crippen molar-refractivity contribution in [2.24, 2.45) is 0 Å². The van der Waals surface area contributed by atoms with E-state index in [4.69, 9.17) is 4.74 Å². The molecular formula is C21H25FN2O4S. The number of amides is 1. The van der Waals surface area contributed by atoms with Crippen LogP contribution in [0.1, 0.15) is 31.2 Å². The van der Waals surface area contributed by atoms with E-state index in [1.54, 1.807) is 24.3 Å². The van der Waals surface area contributed by atoms with E-state index in [0.29, 0.717) is 25.2 Å². The van der Waals surface area contributed by atoms with Crippen LogP contribution in [-0.4, -0.2) is 38.8 Å². The lowest BCUT2D eigenvalue weighted by molar-refractivity contribution is -0.116. The first kappa shape index (κ1) is 21.3. The van der Waals surface area contributed by atoms with Gasteiger partial charge in [0.25, 0.3) is 0 Å². The van der Waals surface area contributed by atoms with Crippen molar-refractivity contribution in [3.05, 3.63) is 53.8 Å². The fourth-order valence-corrected chi connectivity index (χ4v) is 5.03.